The van der Waals surface area contributed by atoms with Crippen molar-refractivity contribution in [2.24, 2.45) is 0 Å². The number of hydrogen-bond acceptors (Lipinski definition) is 5. The molecule has 0 spiro atoms. The Morgan fingerprint density at radius 2 is 2.05 bits per heavy atom. The Bertz CT molecular complexity index is 629. The van der Waals surface area contributed by atoms with E-state index in [9.17, 15) is 0 Å². The Kier molecular flexibility index (Phi) is 4.22. The van der Waals surface area contributed by atoms with Crippen LogP contribution in [-0.4, -0.2) is 36.3 Å². The first-order valence-electron chi connectivity index (χ1n) is 6.92. The molecule has 1 aliphatic heterocycles. The minimum atomic E-state index is 0.573. The van der Waals surface area contributed by atoms with Crippen LogP contribution >= 0.6 is 11.6 Å². The van der Waals surface area contributed by atoms with Gasteiger partial charge in [-0.05, 0) is 30.7 Å². The van der Waals surface area contributed by atoms with Crippen molar-refractivity contribution in [1.29, 1.82) is 0 Å². The third kappa shape index (κ3) is 3.25. The number of nitrogens with zero attached hydrogens (tertiary/aromatic N) is 3. The maximum absolute atomic E-state index is 6.13. The topological polar surface area (TPSA) is 50.3 Å². The van der Waals surface area contributed by atoms with Crippen molar-refractivity contribution in [3.8, 4) is 0 Å². The predicted molar refractivity (Wildman–Crippen MR) is 84.5 cm³/mol. The molecule has 1 N–H and O–H groups in total. The van der Waals surface area contributed by atoms with Crippen LogP contribution in [0.1, 0.15) is 5.56 Å². The van der Waals surface area contributed by atoms with Crippen LogP contribution in [0, 0.1) is 6.92 Å². The zero-order chi connectivity index (χ0) is 14.7. The van der Waals surface area contributed by atoms with E-state index in [1.807, 2.05) is 31.2 Å². The molecule has 0 radical (unpaired) electrons. The lowest BCUT2D eigenvalue weighted by molar-refractivity contribution is 0.122. The van der Waals surface area contributed by atoms with E-state index in [4.69, 9.17) is 16.3 Å². The van der Waals surface area contributed by atoms with Crippen LogP contribution < -0.4 is 10.2 Å². The lowest BCUT2D eigenvalue weighted by Gasteiger charge is -2.27. The lowest BCUT2D eigenvalue weighted by Crippen LogP contribution is -2.36. The normalized spacial score (nSPS) is 15.0. The standard InChI is InChI=1S/C15H17ClN4O/c1-11-12(16)3-2-4-13(11)18-15-17-6-5-14(19-15)20-7-9-21-10-8-20/h2-6H,7-10H2,1H3,(H,17,18,19). The summed E-state index contributed by atoms with van der Waals surface area (Å²) in [7, 11) is 0. The second-order valence-corrected chi connectivity index (χ2v) is 5.28. The molecule has 3 rings (SSSR count). The molecule has 1 saturated heterocycles. The van der Waals surface area contributed by atoms with Crippen LogP contribution in [0.3, 0.4) is 0 Å². The molecule has 1 aliphatic rings. The number of hydrogen-bond donors (Lipinski definition) is 1. The first kappa shape index (κ1) is 14.1. The zero-order valence-corrected chi connectivity index (χ0v) is 12.6. The van der Waals surface area contributed by atoms with Crippen molar-refractivity contribution in [3.63, 3.8) is 0 Å². The maximum atomic E-state index is 6.13. The molecule has 2 heterocycles. The van der Waals surface area contributed by atoms with Crippen LogP contribution in [0.15, 0.2) is 30.5 Å². The number of rotatable bonds is 3. The second-order valence-electron chi connectivity index (χ2n) is 4.88. The highest BCUT2D eigenvalue weighted by molar-refractivity contribution is 6.31. The molecule has 0 unspecified atom stereocenters. The monoisotopic (exact) mass is 304 g/mol. The molecule has 0 bridgehead atoms. The number of nitrogens with one attached hydrogen (secondary N) is 1. The highest BCUT2D eigenvalue weighted by Gasteiger charge is 2.13. The van der Waals surface area contributed by atoms with Gasteiger partial charge in [-0.15, -0.1) is 0 Å². The van der Waals surface area contributed by atoms with Gasteiger partial charge in [-0.3, -0.25) is 0 Å². The summed E-state index contributed by atoms with van der Waals surface area (Å²) in [5.74, 6) is 1.49. The van der Waals surface area contributed by atoms with Gasteiger partial charge in [0.1, 0.15) is 5.82 Å². The minimum Gasteiger partial charge on any atom is -0.378 e. The Labute approximate surface area is 128 Å². The average Bonchev–Trinajstić information content (AvgIpc) is 2.53. The molecule has 1 fully saturated rings. The molecule has 110 valence electrons. The van der Waals surface area contributed by atoms with E-state index in [1.54, 1.807) is 6.20 Å². The molecule has 0 aliphatic carbocycles. The van der Waals surface area contributed by atoms with E-state index in [2.05, 4.69) is 20.2 Å². The van der Waals surface area contributed by atoms with E-state index in [0.29, 0.717) is 5.95 Å². The number of ether oxygens (including phenoxy) is 1. The molecular weight excluding hydrogens is 288 g/mol. The van der Waals surface area contributed by atoms with Crippen LogP contribution in [0.4, 0.5) is 17.5 Å². The number of halogens is 1. The Balaban J connectivity index is 1.81. The van der Waals surface area contributed by atoms with Gasteiger partial charge in [0.05, 0.1) is 13.2 Å². The summed E-state index contributed by atoms with van der Waals surface area (Å²) in [6, 6.07) is 7.66. The van der Waals surface area contributed by atoms with Crippen molar-refractivity contribution >= 4 is 29.1 Å². The summed E-state index contributed by atoms with van der Waals surface area (Å²) in [5.41, 5.74) is 1.90. The molecule has 0 amide bonds. The van der Waals surface area contributed by atoms with Crippen molar-refractivity contribution in [3.05, 3.63) is 41.0 Å². The summed E-state index contributed by atoms with van der Waals surface area (Å²) >= 11 is 6.13. The summed E-state index contributed by atoms with van der Waals surface area (Å²) in [6.07, 6.45) is 1.76. The molecular formula is C15H17ClN4O. The summed E-state index contributed by atoms with van der Waals surface area (Å²) < 4.78 is 5.36. The highest BCUT2D eigenvalue weighted by Crippen LogP contribution is 2.25. The van der Waals surface area contributed by atoms with Crippen molar-refractivity contribution in [1.82, 2.24) is 9.97 Å². The fraction of sp³-hybridized carbons (Fsp3) is 0.333. The minimum absolute atomic E-state index is 0.573. The predicted octanol–water partition coefficient (Wildman–Crippen LogP) is 3.02. The number of aromatic nitrogens is 2. The number of anilines is 3. The van der Waals surface area contributed by atoms with Crippen molar-refractivity contribution < 1.29 is 4.74 Å². The fourth-order valence-electron chi connectivity index (χ4n) is 2.24. The molecule has 1 aromatic heterocycles. The second kappa shape index (κ2) is 6.28. The van der Waals surface area contributed by atoms with E-state index in [-0.39, 0.29) is 0 Å². The SMILES string of the molecule is Cc1c(Cl)cccc1Nc1nccc(N2CCOCC2)n1. The Morgan fingerprint density at radius 3 is 2.86 bits per heavy atom. The fourth-order valence-corrected chi connectivity index (χ4v) is 2.42. The van der Waals surface area contributed by atoms with Gasteiger partial charge in [0, 0.05) is 30.0 Å². The highest BCUT2D eigenvalue weighted by atomic mass is 35.5. The van der Waals surface area contributed by atoms with Gasteiger partial charge in [-0.25, -0.2) is 4.98 Å². The Morgan fingerprint density at radius 1 is 1.24 bits per heavy atom. The largest absolute Gasteiger partial charge is 0.378 e. The molecule has 0 saturated carbocycles. The summed E-state index contributed by atoms with van der Waals surface area (Å²) in [5, 5.41) is 3.95. The van der Waals surface area contributed by atoms with Gasteiger partial charge in [-0.1, -0.05) is 17.7 Å². The summed E-state index contributed by atoms with van der Waals surface area (Å²) in [6.45, 7) is 5.15. The quantitative estimate of drug-likeness (QED) is 0.944. The third-order valence-electron chi connectivity index (χ3n) is 3.49. The van der Waals surface area contributed by atoms with Gasteiger partial charge in [0.15, 0.2) is 0 Å². The van der Waals surface area contributed by atoms with Crippen molar-refractivity contribution in [2.45, 2.75) is 6.92 Å². The summed E-state index contributed by atoms with van der Waals surface area (Å²) in [4.78, 5) is 11.0. The Hall–Kier alpha value is -1.85. The molecule has 1 aromatic carbocycles. The first-order chi connectivity index (χ1) is 10.2. The molecule has 0 atom stereocenters. The molecule has 21 heavy (non-hydrogen) atoms. The molecule has 6 heteroatoms. The smallest absolute Gasteiger partial charge is 0.229 e. The third-order valence-corrected chi connectivity index (χ3v) is 3.90. The van der Waals surface area contributed by atoms with Gasteiger partial charge in [0.2, 0.25) is 5.95 Å². The average molecular weight is 305 g/mol. The van der Waals surface area contributed by atoms with Gasteiger partial charge in [0.25, 0.3) is 0 Å². The van der Waals surface area contributed by atoms with Crippen LogP contribution in [0.2, 0.25) is 5.02 Å². The van der Waals surface area contributed by atoms with Crippen LogP contribution in [0.5, 0.6) is 0 Å². The van der Waals surface area contributed by atoms with Crippen LogP contribution in [0.25, 0.3) is 0 Å². The van der Waals surface area contributed by atoms with Gasteiger partial charge >= 0.3 is 0 Å². The van der Waals surface area contributed by atoms with E-state index >= 15 is 0 Å². The van der Waals surface area contributed by atoms with E-state index in [1.165, 1.54) is 0 Å². The van der Waals surface area contributed by atoms with E-state index in [0.717, 1.165) is 48.4 Å². The van der Waals surface area contributed by atoms with Gasteiger partial charge < -0.3 is 15.0 Å². The molecule has 2 aromatic rings. The number of morpholine rings is 1. The zero-order valence-electron chi connectivity index (χ0n) is 11.8. The van der Waals surface area contributed by atoms with E-state index < -0.39 is 0 Å². The molecule has 5 nitrogen and oxygen atoms in total. The number of benzene rings is 1. The lowest BCUT2D eigenvalue weighted by atomic mass is 10.2. The van der Waals surface area contributed by atoms with Crippen molar-refractivity contribution in [2.75, 3.05) is 36.5 Å². The van der Waals surface area contributed by atoms with Crippen LogP contribution in [-0.2, 0) is 4.74 Å². The van der Waals surface area contributed by atoms with Gasteiger partial charge in [-0.2, -0.15) is 4.98 Å². The first-order valence-corrected chi connectivity index (χ1v) is 7.30. The maximum Gasteiger partial charge on any atom is 0.229 e.